The van der Waals surface area contributed by atoms with Gasteiger partial charge >= 0.3 is 5.97 Å². The average Bonchev–Trinajstić information content (AvgIpc) is 2.34. The van der Waals surface area contributed by atoms with Gasteiger partial charge in [0.05, 0.1) is 0 Å². The Balaban J connectivity index is 2.10. The van der Waals surface area contributed by atoms with Crippen LogP contribution in [0.3, 0.4) is 0 Å². The highest BCUT2D eigenvalue weighted by Gasteiger charge is 1.98. The zero-order valence-electron chi connectivity index (χ0n) is 10.4. The van der Waals surface area contributed by atoms with E-state index in [2.05, 4.69) is 24.3 Å². The molecule has 0 saturated carbocycles. The molecule has 0 radical (unpaired) electrons. The SMILES string of the molecule is C/C(=C\CCCCCc1ccccc1)C(=O)O. The molecule has 0 aliphatic rings. The number of benzene rings is 1. The smallest absolute Gasteiger partial charge is 0.330 e. The van der Waals surface area contributed by atoms with E-state index in [1.807, 2.05) is 12.1 Å². The third-order valence-corrected chi connectivity index (χ3v) is 2.80. The van der Waals surface area contributed by atoms with E-state index in [9.17, 15) is 4.79 Å². The second-order valence-electron chi connectivity index (χ2n) is 4.28. The maximum Gasteiger partial charge on any atom is 0.330 e. The third-order valence-electron chi connectivity index (χ3n) is 2.80. The number of allylic oxidation sites excluding steroid dienone is 1. The molecule has 2 nitrogen and oxygen atoms in total. The van der Waals surface area contributed by atoms with Crippen LogP contribution in [0.4, 0.5) is 0 Å². The largest absolute Gasteiger partial charge is 0.478 e. The number of hydrogen-bond donors (Lipinski definition) is 1. The Morgan fingerprint density at radius 2 is 1.88 bits per heavy atom. The Hall–Kier alpha value is -1.57. The standard InChI is InChI=1S/C15H20O2/c1-13(15(16)17)9-5-2-3-6-10-14-11-7-4-8-12-14/h4,7-9,11-12H,2-3,5-6,10H2,1H3,(H,16,17)/b13-9+. The zero-order valence-corrected chi connectivity index (χ0v) is 10.4. The summed E-state index contributed by atoms with van der Waals surface area (Å²) in [7, 11) is 0. The van der Waals surface area contributed by atoms with Gasteiger partial charge in [-0.15, -0.1) is 0 Å². The molecule has 0 amide bonds. The van der Waals surface area contributed by atoms with Gasteiger partial charge in [0.2, 0.25) is 0 Å². The molecule has 0 aliphatic carbocycles. The molecule has 1 rings (SSSR count). The van der Waals surface area contributed by atoms with Crippen LogP contribution in [0.1, 0.15) is 38.2 Å². The van der Waals surface area contributed by atoms with Crippen molar-refractivity contribution in [2.45, 2.75) is 39.0 Å². The highest BCUT2D eigenvalue weighted by Crippen LogP contribution is 2.08. The molecule has 0 unspecified atom stereocenters. The Morgan fingerprint density at radius 3 is 2.53 bits per heavy atom. The Labute approximate surface area is 103 Å². The van der Waals surface area contributed by atoms with Gasteiger partial charge in [0.25, 0.3) is 0 Å². The van der Waals surface area contributed by atoms with Crippen molar-refractivity contribution in [2.75, 3.05) is 0 Å². The van der Waals surface area contributed by atoms with Gasteiger partial charge < -0.3 is 5.11 Å². The van der Waals surface area contributed by atoms with Crippen molar-refractivity contribution in [2.24, 2.45) is 0 Å². The molecule has 92 valence electrons. The second kappa shape index (κ2) is 7.66. The number of carbonyl (C=O) groups is 1. The number of hydrogen-bond acceptors (Lipinski definition) is 1. The van der Waals surface area contributed by atoms with E-state index < -0.39 is 5.97 Å². The summed E-state index contributed by atoms with van der Waals surface area (Å²) in [5.74, 6) is -0.811. The van der Waals surface area contributed by atoms with E-state index in [4.69, 9.17) is 5.11 Å². The number of unbranched alkanes of at least 4 members (excludes halogenated alkanes) is 3. The van der Waals surface area contributed by atoms with E-state index in [1.165, 1.54) is 12.0 Å². The summed E-state index contributed by atoms with van der Waals surface area (Å²) in [6.07, 6.45) is 7.18. The van der Waals surface area contributed by atoms with Crippen molar-refractivity contribution in [3.05, 3.63) is 47.5 Å². The topological polar surface area (TPSA) is 37.3 Å². The lowest BCUT2D eigenvalue weighted by Gasteiger charge is -2.00. The van der Waals surface area contributed by atoms with Crippen LogP contribution in [-0.2, 0) is 11.2 Å². The van der Waals surface area contributed by atoms with Crippen molar-refractivity contribution in [1.82, 2.24) is 0 Å². The molecule has 0 heterocycles. The molecule has 1 N–H and O–H groups in total. The van der Waals surface area contributed by atoms with Gasteiger partial charge in [-0.3, -0.25) is 0 Å². The maximum absolute atomic E-state index is 10.5. The first-order valence-electron chi connectivity index (χ1n) is 6.14. The number of carboxylic acid groups (broad SMARTS) is 1. The quantitative estimate of drug-likeness (QED) is 0.573. The van der Waals surface area contributed by atoms with Gasteiger partial charge in [-0.2, -0.15) is 0 Å². The van der Waals surface area contributed by atoms with Gasteiger partial charge in [-0.25, -0.2) is 4.79 Å². The summed E-state index contributed by atoms with van der Waals surface area (Å²) < 4.78 is 0. The minimum atomic E-state index is -0.811. The highest BCUT2D eigenvalue weighted by molar-refractivity contribution is 5.85. The number of carboxylic acids is 1. The van der Waals surface area contributed by atoms with Gasteiger partial charge in [0.15, 0.2) is 0 Å². The molecular formula is C15H20O2. The predicted octanol–water partition coefficient (Wildman–Crippen LogP) is 3.82. The molecule has 0 atom stereocenters. The van der Waals surface area contributed by atoms with Crippen LogP contribution in [-0.4, -0.2) is 11.1 Å². The van der Waals surface area contributed by atoms with Crippen molar-refractivity contribution in [3.8, 4) is 0 Å². The Morgan fingerprint density at radius 1 is 1.18 bits per heavy atom. The molecule has 0 aliphatic heterocycles. The van der Waals surface area contributed by atoms with Crippen LogP contribution >= 0.6 is 0 Å². The Bertz CT molecular complexity index is 366. The normalized spacial score (nSPS) is 11.5. The summed E-state index contributed by atoms with van der Waals surface area (Å²) in [6, 6.07) is 10.5. The minimum absolute atomic E-state index is 0.452. The van der Waals surface area contributed by atoms with E-state index in [1.54, 1.807) is 6.92 Å². The first-order valence-corrected chi connectivity index (χ1v) is 6.14. The van der Waals surface area contributed by atoms with Gasteiger partial charge in [-0.1, -0.05) is 42.8 Å². The van der Waals surface area contributed by atoms with Crippen LogP contribution in [0, 0.1) is 0 Å². The lowest BCUT2D eigenvalue weighted by atomic mass is 10.1. The van der Waals surface area contributed by atoms with Crippen molar-refractivity contribution >= 4 is 5.97 Å². The summed E-state index contributed by atoms with van der Waals surface area (Å²) in [6.45, 7) is 1.65. The molecule has 0 fully saturated rings. The first-order chi connectivity index (χ1) is 8.20. The molecule has 17 heavy (non-hydrogen) atoms. The van der Waals surface area contributed by atoms with Crippen molar-refractivity contribution in [3.63, 3.8) is 0 Å². The van der Waals surface area contributed by atoms with E-state index in [0.717, 1.165) is 25.7 Å². The lowest BCUT2D eigenvalue weighted by molar-refractivity contribution is -0.132. The summed E-state index contributed by atoms with van der Waals surface area (Å²) in [5, 5.41) is 8.67. The van der Waals surface area contributed by atoms with Gasteiger partial charge in [-0.05, 0) is 38.2 Å². The molecule has 0 saturated heterocycles. The van der Waals surface area contributed by atoms with E-state index in [-0.39, 0.29) is 0 Å². The van der Waals surface area contributed by atoms with E-state index >= 15 is 0 Å². The monoisotopic (exact) mass is 232 g/mol. The van der Waals surface area contributed by atoms with Crippen molar-refractivity contribution < 1.29 is 9.90 Å². The van der Waals surface area contributed by atoms with E-state index in [0.29, 0.717) is 5.57 Å². The number of aryl methyl sites for hydroxylation is 1. The van der Waals surface area contributed by atoms with Gasteiger partial charge in [0.1, 0.15) is 0 Å². The molecule has 0 spiro atoms. The molecular weight excluding hydrogens is 212 g/mol. The maximum atomic E-state index is 10.5. The summed E-state index contributed by atoms with van der Waals surface area (Å²) in [4.78, 5) is 10.5. The third kappa shape index (κ3) is 5.91. The van der Waals surface area contributed by atoms with Crippen molar-refractivity contribution in [1.29, 1.82) is 0 Å². The highest BCUT2D eigenvalue weighted by atomic mass is 16.4. The van der Waals surface area contributed by atoms with Crippen LogP contribution in [0.2, 0.25) is 0 Å². The number of rotatable bonds is 7. The predicted molar refractivity (Wildman–Crippen MR) is 70.0 cm³/mol. The summed E-state index contributed by atoms with van der Waals surface area (Å²) in [5.41, 5.74) is 1.83. The van der Waals surface area contributed by atoms with Crippen LogP contribution in [0.5, 0.6) is 0 Å². The lowest BCUT2D eigenvalue weighted by Crippen LogP contribution is -1.95. The van der Waals surface area contributed by atoms with Crippen LogP contribution in [0.25, 0.3) is 0 Å². The fraction of sp³-hybridized carbons (Fsp3) is 0.400. The Kier molecular flexibility index (Phi) is 6.08. The molecule has 1 aromatic carbocycles. The minimum Gasteiger partial charge on any atom is -0.478 e. The van der Waals surface area contributed by atoms with Crippen LogP contribution in [0.15, 0.2) is 42.0 Å². The van der Waals surface area contributed by atoms with Crippen LogP contribution < -0.4 is 0 Å². The molecule has 0 bridgehead atoms. The fourth-order valence-corrected chi connectivity index (χ4v) is 1.70. The zero-order chi connectivity index (χ0) is 12.5. The van der Waals surface area contributed by atoms with Gasteiger partial charge in [0, 0.05) is 5.57 Å². The summed E-state index contributed by atoms with van der Waals surface area (Å²) >= 11 is 0. The molecule has 1 aromatic rings. The number of aliphatic carboxylic acids is 1. The molecule has 0 aromatic heterocycles. The second-order valence-corrected chi connectivity index (χ2v) is 4.28. The average molecular weight is 232 g/mol. The fourth-order valence-electron chi connectivity index (χ4n) is 1.70. The first kappa shape index (κ1) is 13.5. The molecule has 2 heteroatoms.